The molecule has 0 bridgehead atoms. The molecule has 0 aliphatic carbocycles. The first-order chi connectivity index (χ1) is 8.24. The number of rotatable bonds is 3. The van der Waals surface area contributed by atoms with Crippen LogP contribution in [0, 0.1) is 0 Å². The molecule has 1 heterocycles. The molecule has 0 atom stereocenters. The first-order valence-electron chi connectivity index (χ1n) is 4.98. The fraction of sp³-hybridized carbons (Fsp3) is 0. The maximum Gasteiger partial charge on any atom is 0.316 e. The summed E-state index contributed by atoms with van der Waals surface area (Å²) in [7, 11) is 0. The molecule has 1 aromatic heterocycles. The van der Waals surface area contributed by atoms with Gasteiger partial charge in [-0.3, -0.25) is 4.98 Å². The van der Waals surface area contributed by atoms with E-state index in [1.807, 2.05) is 0 Å². The van der Waals surface area contributed by atoms with E-state index in [0.29, 0.717) is 17.2 Å². The molecule has 0 fully saturated rings. The maximum atomic E-state index is 10.7. The Hall–Kier alpha value is -2.56. The SMILES string of the molecule is NC(=O)Nc1cccc(Oc2ccncc2)c1. The average molecular weight is 229 g/mol. The normalized spacial score (nSPS) is 9.65. The third-order valence-electron chi connectivity index (χ3n) is 1.99. The molecule has 0 aliphatic rings. The van der Waals surface area contributed by atoms with E-state index in [4.69, 9.17) is 10.5 Å². The lowest BCUT2D eigenvalue weighted by Crippen LogP contribution is -2.19. The Morgan fingerprint density at radius 3 is 2.65 bits per heavy atom. The van der Waals surface area contributed by atoms with Gasteiger partial charge < -0.3 is 15.8 Å². The van der Waals surface area contributed by atoms with Crippen molar-refractivity contribution in [2.24, 2.45) is 5.73 Å². The number of benzene rings is 1. The summed E-state index contributed by atoms with van der Waals surface area (Å²) in [4.78, 5) is 14.6. The fourth-order valence-corrected chi connectivity index (χ4v) is 1.32. The van der Waals surface area contributed by atoms with Gasteiger partial charge in [0.05, 0.1) is 0 Å². The molecule has 0 unspecified atom stereocenters. The van der Waals surface area contributed by atoms with Gasteiger partial charge in [-0.25, -0.2) is 4.79 Å². The number of nitrogens with one attached hydrogen (secondary N) is 1. The monoisotopic (exact) mass is 229 g/mol. The van der Waals surface area contributed by atoms with Gasteiger partial charge in [0.2, 0.25) is 0 Å². The zero-order chi connectivity index (χ0) is 12.1. The number of carbonyl (C=O) groups excluding carboxylic acids is 1. The van der Waals surface area contributed by atoms with Crippen LogP contribution in [0.15, 0.2) is 48.8 Å². The highest BCUT2D eigenvalue weighted by Crippen LogP contribution is 2.23. The summed E-state index contributed by atoms with van der Waals surface area (Å²) in [5.41, 5.74) is 5.62. The third kappa shape index (κ3) is 3.20. The largest absolute Gasteiger partial charge is 0.457 e. The Bertz CT molecular complexity index is 514. The predicted molar refractivity (Wildman–Crippen MR) is 64.0 cm³/mol. The van der Waals surface area contributed by atoms with Crippen LogP contribution in [0.3, 0.4) is 0 Å². The van der Waals surface area contributed by atoms with Crippen LogP contribution in [0.25, 0.3) is 0 Å². The van der Waals surface area contributed by atoms with Crippen molar-refractivity contribution < 1.29 is 9.53 Å². The number of nitrogens with zero attached hydrogens (tertiary/aromatic N) is 1. The highest BCUT2D eigenvalue weighted by molar-refractivity contribution is 5.87. The van der Waals surface area contributed by atoms with E-state index < -0.39 is 6.03 Å². The first-order valence-corrected chi connectivity index (χ1v) is 4.98. The molecule has 0 radical (unpaired) electrons. The minimum Gasteiger partial charge on any atom is -0.457 e. The summed E-state index contributed by atoms with van der Waals surface area (Å²) in [6.07, 6.45) is 3.28. The van der Waals surface area contributed by atoms with E-state index in [1.165, 1.54) is 0 Å². The average Bonchev–Trinajstić information content (AvgIpc) is 2.30. The van der Waals surface area contributed by atoms with Crippen molar-refractivity contribution in [3.05, 3.63) is 48.8 Å². The van der Waals surface area contributed by atoms with Crippen LogP contribution < -0.4 is 15.8 Å². The fourth-order valence-electron chi connectivity index (χ4n) is 1.32. The standard InChI is InChI=1S/C12H11N3O2/c13-12(16)15-9-2-1-3-11(8-9)17-10-4-6-14-7-5-10/h1-8H,(H3,13,15,16). The molecule has 5 heteroatoms. The van der Waals surface area contributed by atoms with Gasteiger partial charge in [-0.05, 0) is 24.3 Å². The highest BCUT2D eigenvalue weighted by Gasteiger charge is 2.00. The lowest BCUT2D eigenvalue weighted by molar-refractivity contribution is 0.259. The maximum absolute atomic E-state index is 10.7. The van der Waals surface area contributed by atoms with Crippen LogP contribution in [-0.2, 0) is 0 Å². The third-order valence-corrected chi connectivity index (χ3v) is 1.99. The molecule has 0 saturated heterocycles. The van der Waals surface area contributed by atoms with E-state index in [2.05, 4.69) is 10.3 Å². The van der Waals surface area contributed by atoms with Crippen LogP contribution in [0.4, 0.5) is 10.5 Å². The van der Waals surface area contributed by atoms with E-state index >= 15 is 0 Å². The number of ether oxygens (including phenoxy) is 1. The van der Waals surface area contributed by atoms with Crippen LogP contribution in [0.2, 0.25) is 0 Å². The number of pyridine rings is 1. The van der Waals surface area contributed by atoms with Gasteiger partial charge >= 0.3 is 6.03 Å². The van der Waals surface area contributed by atoms with Crippen LogP contribution >= 0.6 is 0 Å². The first kappa shape index (κ1) is 10.9. The van der Waals surface area contributed by atoms with Crippen molar-refractivity contribution in [3.8, 4) is 11.5 Å². The van der Waals surface area contributed by atoms with Gasteiger partial charge in [-0.15, -0.1) is 0 Å². The number of hydrogen-bond acceptors (Lipinski definition) is 3. The lowest BCUT2D eigenvalue weighted by Gasteiger charge is -2.07. The quantitative estimate of drug-likeness (QED) is 0.848. The molecule has 2 aromatic rings. The van der Waals surface area contributed by atoms with Crippen LogP contribution in [0.1, 0.15) is 0 Å². The Morgan fingerprint density at radius 2 is 1.94 bits per heavy atom. The molecule has 17 heavy (non-hydrogen) atoms. The number of carbonyl (C=O) groups is 1. The number of hydrogen-bond donors (Lipinski definition) is 2. The molecule has 0 aliphatic heterocycles. The molecule has 5 nitrogen and oxygen atoms in total. The summed E-state index contributed by atoms with van der Waals surface area (Å²) in [6.45, 7) is 0. The molecular weight excluding hydrogens is 218 g/mol. The number of aromatic nitrogens is 1. The van der Waals surface area contributed by atoms with Gasteiger partial charge in [-0.2, -0.15) is 0 Å². The zero-order valence-electron chi connectivity index (χ0n) is 8.96. The zero-order valence-corrected chi connectivity index (χ0v) is 8.96. The Balaban J connectivity index is 2.14. The molecule has 2 rings (SSSR count). The van der Waals surface area contributed by atoms with Crippen molar-refractivity contribution in [2.45, 2.75) is 0 Å². The van der Waals surface area contributed by atoms with Crippen LogP contribution in [-0.4, -0.2) is 11.0 Å². The summed E-state index contributed by atoms with van der Waals surface area (Å²) < 4.78 is 5.57. The molecule has 0 saturated carbocycles. The van der Waals surface area contributed by atoms with Gasteiger partial charge in [0.25, 0.3) is 0 Å². The summed E-state index contributed by atoms with van der Waals surface area (Å²) in [6, 6.07) is 9.85. The highest BCUT2D eigenvalue weighted by atomic mass is 16.5. The van der Waals surface area contributed by atoms with Crippen molar-refractivity contribution in [3.63, 3.8) is 0 Å². The van der Waals surface area contributed by atoms with Crippen molar-refractivity contribution in [2.75, 3.05) is 5.32 Å². The second kappa shape index (κ2) is 4.98. The summed E-state index contributed by atoms with van der Waals surface area (Å²) >= 11 is 0. The molecule has 2 amide bonds. The van der Waals surface area contributed by atoms with Crippen molar-refractivity contribution >= 4 is 11.7 Å². The Kier molecular flexibility index (Phi) is 3.20. The summed E-state index contributed by atoms with van der Waals surface area (Å²) in [5.74, 6) is 1.29. The topological polar surface area (TPSA) is 77.2 Å². The second-order valence-corrected chi connectivity index (χ2v) is 3.30. The molecular formula is C12H11N3O2. The number of primary amides is 1. The van der Waals surface area contributed by atoms with Crippen LogP contribution in [0.5, 0.6) is 11.5 Å². The van der Waals surface area contributed by atoms with E-state index in [0.717, 1.165) is 0 Å². The molecule has 86 valence electrons. The Labute approximate surface area is 98.2 Å². The smallest absolute Gasteiger partial charge is 0.316 e. The van der Waals surface area contributed by atoms with Gasteiger partial charge in [-0.1, -0.05) is 6.07 Å². The Morgan fingerprint density at radius 1 is 1.18 bits per heavy atom. The second-order valence-electron chi connectivity index (χ2n) is 3.30. The molecule has 0 spiro atoms. The van der Waals surface area contributed by atoms with Gasteiger partial charge in [0, 0.05) is 24.1 Å². The van der Waals surface area contributed by atoms with E-state index in [1.54, 1.807) is 48.8 Å². The van der Waals surface area contributed by atoms with E-state index in [-0.39, 0.29) is 0 Å². The number of urea groups is 1. The van der Waals surface area contributed by atoms with Gasteiger partial charge in [0.1, 0.15) is 11.5 Å². The minimum atomic E-state index is -0.605. The van der Waals surface area contributed by atoms with E-state index in [9.17, 15) is 4.79 Å². The minimum absolute atomic E-state index is 0.587. The molecule has 3 N–H and O–H groups in total. The summed E-state index contributed by atoms with van der Waals surface area (Å²) in [5, 5.41) is 2.48. The molecule has 1 aromatic carbocycles. The number of anilines is 1. The van der Waals surface area contributed by atoms with Crippen molar-refractivity contribution in [1.82, 2.24) is 4.98 Å². The van der Waals surface area contributed by atoms with Gasteiger partial charge in [0.15, 0.2) is 0 Å². The lowest BCUT2D eigenvalue weighted by atomic mass is 10.3. The van der Waals surface area contributed by atoms with Crippen molar-refractivity contribution in [1.29, 1.82) is 0 Å². The number of amides is 2. The predicted octanol–water partition coefficient (Wildman–Crippen LogP) is 2.36. The number of nitrogens with two attached hydrogens (primary N) is 1.